The molecule has 0 aromatic heterocycles. The summed E-state index contributed by atoms with van der Waals surface area (Å²) < 4.78 is 0.962. The van der Waals surface area contributed by atoms with E-state index in [0.29, 0.717) is 0 Å². The average Bonchev–Trinajstić information content (AvgIpc) is 2.27. The van der Waals surface area contributed by atoms with Gasteiger partial charge in [0.2, 0.25) is 0 Å². The third-order valence-electron chi connectivity index (χ3n) is 2.12. The van der Waals surface area contributed by atoms with Gasteiger partial charge in [-0.3, -0.25) is 4.79 Å². The molecule has 0 spiro atoms. The van der Waals surface area contributed by atoms with Crippen LogP contribution in [0.25, 0.3) is 0 Å². The zero-order valence-corrected chi connectivity index (χ0v) is 10.8. The molecule has 0 saturated carbocycles. The van der Waals surface area contributed by atoms with Crippen LogP contribution in [0.3, 0.4) is 0 Å². The lowest BCUT2D eigenvalue weighted by Crippen LogP contribution is -2.39. The van der Waals surface area contributed by atoms with Crippen molar-refractivity contribution in [3.63, 3.8) is 0 Å². The van der Waals surface area contributed by atoms with Gasteiger partial charge in [0.05, 0.1) is 6.04 Å². The Morgan fingerprint density at radius 2 is 1.94 bits per heavy atom. The minimum atomic E-state index is -1.07. The Morgan fingerprint density at radius 3 is 2.47 bits per heavy atom. The van der Waals surface area contributed by atoms with E-state index in [4.69, 9.17) is 5.11 Å². The van der Waals surface area contributed by atoms with E-state index in [1.807, 2.05) is 31.2 Å². The molecule has 0 fully saturated rings. The summed E-state index contributed by atoms with van der Waals surface area (Å²) in [5.74, 6) is -1.07. The highest BCUT2D eigenvalue weighted by molar-refractivity contribution is 9.10. The first-order valence-corrected chi connectivity index (χ1v) is 5.80. The van der Waals surface area contributed by atoms with Crippen molar-refractivity contribution >= 4 is 27.9 Å². The van der Waals surface area contributed by atoms with Crippen molar-refractivity contribution in [3.05, 3.63) is 34.3 Å². The quantitative estimate of drug-likeness (QED) is 0.794. The molecule has 1 rings (SSSR count). The minimum absolute atomic E-state index is 0.183. The molecule has 1 aromatic carbocycles. The topological polar surface area (TPSA) is 78.4 Å². The van der Waals surface area contributed by atoms with Crippen molar-refractivity contribution in [2.75, 3.05) is 6.54 Å². The molecule has 17 heavy (non-hydrogen) atoms. The predicted molar refractivity (Wildman–Crippen MR) is 66.7 cm³/mol. The summed E-state index contributed by atoms with van der Waals surface area (Å²) in [6.07, 6.45) is 0. The van der Waals surface area contributed by atoms with Gasteiger partial charge in [0.15, 0.2) is 0 Å². The second-order valence-electron chi connectivity index (χ2n) is 3.49. The fourth-order valence-electron chi connectivity index (χ4n) is 1.24. The third kappa shape index (κ3) is 4.86. The number of urea groups is 1. The lowest BCUT2D eigenvalue weighted by Gasteiger charge is -2.14. The number of benzene rings is 1. The smallest absolute Gasteiger partial charge is 0.323 e. The van der Waals surface area contributed by atoms with E-state index in [1.165, 1.54) is 0 Å². The van der Waals surface area contributed by atoms with Gasteiger partial charge in [-0.1, -0.05) is 28.1 Å². The van der Waals surface area contributed by atoms with Gasteiger partial charge in [-0.05, 0) is 24.6 Å². The van der Waals surface area contributed by atoms with Crippen LogP contribution in [-0.2, 0) is 4.79 Å². The Morgan fingerprint density at radius 1 is 1.35 bits per heavy atom. The molecule has 0 bridgehead atoms. The van der Waals surface area contributed by atoms with Gasteiger partial charge in [-0.25, -0.2) is 4.79 Å². The van der Waals surface area contributed by atoms with Crippen molar-refractivity contribution in [2.24, 2.45) is 0 Å². The monoisotopic (exact) mass is 300 g/mol. The first kappa shape index (κ1) is 13.5. The molecule has 1 atom stereocenters. The fourth-order valence-corrected chi connectivity index (χ4v) is 1.50. The number of hydrogen-bond donors (Lipinski definition) is 3. The number of carbonyl (C=O) groups excluding carboxylic acids is 1. The SMILES string of the molecule is CC(NC(=O)NCC(=O)O)c1ccc(Br)cc1. The van der Waals surface area contributed by atoms with E-state index in [0.717, 1.165) is 10.0 Å². The van der Waals surface area contributed by atoms with Gasteiger partial charge in [0.1, 0.15) is 6.54 Å². The molecule has 0 radical (unpaired) electrons. The first-order valence-electron chi connectivity index (χ1n) is 5.00. The molecule has 92 valence electrons. The van der Waals surface area contributed by atoms with Crippen molar-refractivity contribution in [3.8, 4) is 0 Å². The number of halogens is 1. The van der Waals surface area contributed by atoms with Crippen LogP contribution in [0.1, 0.15) is 18.5 Å². The molecular formula is C11H13BrN2O3. The van der Waals surface area contributed by atoms with Gasteiger partial charge in [0, 0.05) is 4.47 Å². The summed E-state index contributed by atoms with van der Waals surface area (Å²) in [7, 11) is 0. The molecule has 0 aliphatic carbocycles. The van der Waals surface area contributed by atoms with Gasteiger partial charge in [-0.15, -0.1) is 0 Å². The van der Waals surface area contributed by atoms with Crippen molar-refractivity contribution in [1.82, 2.24) is 10.6 Å². The van der Waals surface area contributed by atoms with Crippen molar-refractivity contribution < 1.29 is 14.7 Å². The highest BCUT2D eigenvalue weighted by Crippen LogP contribution is 2.16. The predicted octanol–water partition coefficient (Wildman–Crippen LogP) is 1.89. The highest BCUT2D eigenvalue weighted by Gasteiger charge is 2.09. The fraction of sp³-hybridized carbons (Fsp3) is 0.273. The number of hydrogen-bond acceptors (Lipinski definition) is 2. The summed E-state index contributed by atoms with van der Waals surface area (Å²) in [6.45, 7) is 1.43. The van der Waals surface area contributed by atoms with E-state index in [1.54, 1.807) is 0 Å². The molecule has 0 aliphatic rings. The highest BCUT2D eigenvalue weighted by atomic mass is 79.9. The lowest BCUT2D eigenvalue weighted by atomic mass is 10.1. The Balaban J connectivity index is 2.48. The standard InChI is InChI=1S/C11H13BrN2O3/c1-7(8-2-4-9(12)5-3-8)14-11(17)13-6-10(15)16/h2-5,7H,6H2,1H3,(H,15,16)(H2,13,14,17). The van der Waals surface area contributed by atoms with E-state index >= 15 is 0 Å². The number of carboxylic acids is 1. The Hall–Kier alpha value is -1.56. The summed E-state index contributed by atoms with van der Waals surface area (Å²) in [5.41, 5.74) is 0.943. The third-order valence-corrected chi connectivity index (χ3v) is 2.65. The number of rotatable bonds is 4. The molecule has 5 nitrogen and oxygen atoms in total. The molecule has 0 aliphatic heterocycles. The second kappa shape index (κ2) is 6.24. The largest absolute Gasteiger partial charge is 0.480 e. The molecule has 0 saturated heterocycles. The van der Waals surface area contributed by atoms with Gasteiger partial charge in [-0.2, -0.15) is 0 Å². The van der Waals surface area contributed by atoms with Crippen molar-refractivity contribution in [1.29, 1.82) is 0 Å². The second-order valence-corrected chi connectivity index (χ2v) is 4.41. The molecule has 3 N–H and O–H groups in total. The first-order chi connectivity index (χ1) is 7.99. The van der Waals surface area contributed by atoms with Crippen molar-refractivity contribution in [2.45, 2.75) is 13.0 Å². The summed E-state index contributed by atoms with van der Waals surface area (Å²) in [4.78, 5) is 21.6. The maximum Gasteiger partial charge on any atom is 0.323 e. The van der Waals surface area contributed by atoms with E-state index in [2.05, 4.69) is 26.6 Å². The number of aliphatic carboxylic acids is 1. The van der Waals surface area contributed by atoms with E-state index in [9.17, 15) is 9.59 Å². The summed E-state index contributed by atoms with van der Waals surface area (Å²) >= 11 is 3.32. The number of carboxylic acid groups (broad SMARTS) is 1. The molecule has 2 amide bonds. The van der Waals surface area contributed by atoms with Gasteiger partial charge >= 0.3 is 12.0 Å². The summed E-state index contributed by atoms with van der Waals surface area (Å²) in [5, 5.41) is 13.3. The van der Waals surface area contributed by atoms with Crippen LogP contribution in [0, 0.1) is 0 Å². The molecule has 0 heterocycles. The maximum atomic E-state index is 11.3. The normalized spacial score (nSPS) is 11.6. The van der Waals surface area contributed by atoms with Crippen LogP contribution in [0.5, 0.6) is 0 Å². The number of carbonyl (C=O) groups is 2. The minimum Gasteiger partial charge on any atom is -0.480 e. The molecular weight excluding hydrogens is 288 g/mol. The zero-order valence-electron chi connectivity index (χ0n) is 9.24. The van der Waals surface area contributed by atoms with Gasteiger partial charge in [0.25, 0.3) is 0 Å². The van der Waals surface area contributed by atoms with E-state index < -0.39 is 12.0 Å². The van der Waals surface area contributed by atoms with Gasteiger partial charge < -0.3 is 15.7 Å². The molecule has 1 unspecified atom stereocenters. The van der Waals surface area contributed by atoms with E-state index in [-0.39, 0.29) is 12.6 Å². The van der Waals surface area contributed by atoms with Crippen LogP contribution < -0.4 is 10.6 Å². The Labute approximate surface area is 107 Å². The Bertz CT molecular complexity index is 406. The van der Waals surface area contributed by atoms with Crippen LogP contribution in [0.2, 0.25) is 0 Å². The molecule has 6 heteroatoms. The molecule has 1 aromatic rings. The van der Waals surface area contributed by atoms with Crippen LogP contribution in [0.4, 0.5) is 4.79 Å². The van der Waals surface area contributed by atoms with Crippen LogP contribution in [0.15, 0.2) is 28.7 Å². The Kier molecular flexibility index (Phi) is 4.96. The maximum absolute atomic E-state index is 11.3. The van der Waals surface area contributed by atoms with Crippen LogP contribution in [-0.4, -0.2) is 23.7 Å². The average molecular weight is 301 g/mol. The summed E-state index contributed by atoms with van der Waals surface area (Å²) in [6, 6.07) is 6.84. The lowest BCUT2D eigenvalue weighted by molar-refractivity contribution is -0.135. The number of nitrogens with one attached hydrogen (secondary N) is 2. The van der Waals surface area contributed by atoms with Crippen LogP contribution >= 0.6 is 15.9 Å². The zero-order chi connectivity index (χ0) is 12.8. The number of amides is 2.